The SMILES string of the molecule is COC(C[C@@H](C)[C@H]1C[C@H](O)C2(C)C3CC[C@H]4C(C)(C)C(OC(=O)[C@@H]5CCN5)CCC45CC35CCC12C)C(OC(C)=O)C(C)(C)O. The number of methoxy groups -OCH3 is 1. The van der Waals surface area contributed by atoms with Gasteiger partial charge in [-0.1, -0.05) is 34.6 Å². The van der Waals surface area contributed by atoms with Crippen molar-refractivity contribution in [1.82, 2.24) is 5.32 Å². The zero-order valence-electron chi connectivity index (χ0n) is 29.4. The predicted octanol–water partition coefficient (Wildman–Crippen LogP) is 5.41. The molecule has 0 radical (unpaired) electrons. The van der Waals surface area contributed by atoms with E-state index in [2.05, 4.69) is 39.9 Å². The minimum atomic E-state index is -1.24. The molecule has 0 aromatic heterocycles. The van der Waals surface area contributed by atoms with E-state index in [-0.39, 0.29) is 57.2 Å². The van der Waals surface area contributed by atoms with Gasteiger partial charge in [0.2, 0.25) is 0 Å². The van der Waals surface area contributed by atoms with Crippen LogP contribution in [0.2, 0.25) is 0 Å². The topological polar surface area (TPSA) is 114 Å². The molecule has 6 aliphatic rings. The van der Waals surface area contributed by atoms with Gasteiger partial charge in [-0.3, -0.25) is 9.59 Å². The Kier molecular flexibility index (Phi) is 8.15. The van der Waals surface area contributed by atoms with Crippen molar-refractivity contribution >= 4 is 11.9 Å². The van der Waals surface area contributed by atoms with Crippen LogP contribution >= 0.6 is 0 Å². The minimum Gasteiger partial charge on any atom is -0.461 e. The van der Waals surface area contributed by atoms with Gasteiger partial charge in [-0.25, -0.2) is 0 Å². The normalized spacial score (nSPS) is 46.6. The first-order valence-corrected chi connectivity index (χ1v) is 17.9. The van der Waals surface area contributed by atoms with Crippen molar-refractivity contribution in [2.24, 2.45) is 50.7 Å². The van der Waals surface area contributed by atoms with Crippen LogP contribution in [0, 0.1) is 50.7 Å². The fourth-order valence-corrected chi connectivity index (χ4v) is 12.9. The average Bonchev–Trinajstić information content (AvgIpc) is 3.53. The lowest BCUT2D eigenvalue weighted by atomic mass is 9.41. The molecule has 5 aliphatic carbocycles. The first-order chi connectivity index (χ1) is 20.9. The van der Waals surface area contributed by atoms with Crippen molar-refractivity contribution in [2.75, 3.05) is 13.7 Å². The van der Waals surface area contributed by atoms with Crippen LogP contribution < -0.4 is 5.32 Å². The number of hydrogen-bond donors (Lipinski definition) is 3. The lowest BCUT2D eigenvalue weighted by Crippen LogP contribution is -2.60. The van der Waals surface area contributed by atoms with Crippen LogP contribution in [0.25, 0.3) is 0 Å². The molecular weight excluding hydrogens is 570 g/mol. The van der Waals surface area contributed by atoms with Gasteiger partial charge in [0.05, 0.1) is 17.8 Å². The fraction of sp³-hybridized carbons (Fsp3) is 0.946. The maximum Gasteiger partial charge on any atom is 0.323 e. The predicted molar refractivity (Wildman–Crippen MR) is 171 cm³/mol. The largest absolute Gasteiger partial charge is 0.461 e. The third-order valence-electron chi connectivity index (χ3n) is 15.5. The van der Waals surface area contributed by atoms with E-state index in [0.29, 0.717) is 24.2 Å². The van der Waals surface area contributed by atoms with Crippen molar-refractivity contribution in [2.45, 2.75) is 156 Å². The first-order valence-electron chi connectivity index (χ1n) is 17.9. The van der Waals surface area contributed by atoms with Crippen molar-refractivity contribution in [3.8, 4) is 0 Å². The van der Waals surface area contributed by atoms with E-state index in [1.165, 1.54) is 19.8 Å². The van der Waals surface area contributed by atoms with Crippen molar-refractivity contribution in [3.05, 3.63) is 0 Å². The van der Waals surface area contributed by atoms with Gasteiger partial charge >= 0.3 is 11.9 Å². The molecule has 5 saturated carbocycles. The zero-order valence-corrected chi connectivity index (χ0v) is 29.4. The number of rotatable bonds is 9. The maximum atomic E-state index is 12.8. The van der Waals surface area contributed by atoms with Gasteiger partial charge < -0.3 is 29.7 Å². The summed E-state index contributed by atoms with van der Waals surface area (Å²) in [5.74, 6) is 1.03. The molecule has 0 amide bonds. The molecule has 0 aromatic rings. The Balaban J connectivity index is 1.22. The number of aliphatic hydroxyl groups is 2. The van der Waals surface area contributed by atoms with Crippen LogP contribution in [0.3, 0.4) is 0 Å². The van der Waals surface area contributed by atoms with Crippen LogP contribution in [0.1, 0.15) is 120 Å². The van der Waals surface area contributed by atoms with E-state index >= 15 is 0 Å². The van der Waals surface area contributed by atoms with Crippen LogP contribution in [0.5, 0.6) is 0 Å². The Morgan fingerprint density at radius 2 is 1.64 bits per heavy atom. The monoisotopic (exact) mass is 631 g/mol. The Morgan fingerprint density at radius 3 is 2.22 bits per heavy atom. The molecule has 256 valence electrons. The molecule has 8 nitrogen and oxygen atoms in total. The van der Waals surface area contributed by atoms with Gasteiger partial charge in [0, 0.05) is 24.9 Å². The second kappa shape index (κ2) is 10.9. The molecule has 1 aliphatic heterocycles. The summed E-state index contributed by atoms with van der Waals surface area (Å²) in [7, 11) is 1.63. The van der Waals surface area contributed by atoms with Gasteiger partial charge in [0.25, 0.3) is 0 Å². The van der Waals surface area contributed by atoms with Crippen LogP contribution in [-0.2, 0) is 23.8 Å². The van der Waals surface area contributed by atoms with E-state index in [4.69, 9.17) is 14.2 Å². The molecule has 8 unspecified atom stereocenters. The second-order valence-electron chi connectivity index (χ2n) is 18.0. The zero-order chi connectivity index (χ0) is 33.0. The Labute approximate surface area is 271 Å². The quantitative estimate of drug-likeness (QED) is 0.290. The molecule has 45 heavy (non-hydrogen) atoms. The summed E-state index contributed by atoms with van der Waals surface area (Å²) >= 11 is 0. The summed E-state index contributed by atoms with van der Waals surface area (Å²) < 4.78 is 17.7. The van der Waals surface area contributed by atoms with Gasteiger partial charge in [0.15, 0.2) is 6.10 Å². The Hall–Kier alpha value is -1.22. The molecule has 0 bridgehead atoms. The summed E-state index contributed by atoms with van der Waals surface area (Å²) in [6.45, 7) is 17.5. The van der Waals surface area contributed by atoms with E-state index in [1.54, 1.807) is 21.0 Å². The third-order valence-corrected chi connectivity index (χ3v) is 15.5. The number of carbonyl (C=O) groups excluding carboxylic acids is 2. The lowest BCUT2D eigenvalue weighted by molar-refractivity contribution is -0.195. The average molecular weight is 632 g/mol. The molecule has 6 rings (SSSR count). The number of aliphatic hydroxyl groups excluding tert-OH is 1. The lowest BCUT2D eigenvalue weighted by Gasteiger charge is -2.64. The number of esters is 2. The highest BCUT2D eigenvalue weighted by molar-refractivity contribution is 5.77. The number of fused-ring (bicyclic) bond motifs is 2. The van der Waals surface area contributed by atoms with E-state index < -0.39 is 23.8 Å². The molecular formula is C37H61NO7. The summed E-state index contributed by atoms with van der Waals surface area (Å²) in [6.07, 6.45) is 8.56. The number of nitrogens with one attached hydrogen (secondary N) is 1. The van der Waals surface area contributed by atoms with Crippen molar-refractivity contribution < 1.29 is 34.0 Å². The molecule has 6 fully saturated rings. The van der Waals surface area contributed by atoms with E-state index in [0.717, 1.165) is 51.5 Å². The molecule has 13 atom stereocenters. The van der Waals surface area contributed by atoms with E-state index in [9.17, 15) is 19.8 Å². The van der Waals surface area contributed by atoms with Gasteiger partial charge in [-0.05, 0) is 125 Å². The maximum absolute atomic E-state index is 12.8. The molecule has 2 spiro atoms. The molecule has 8 heteroatoms. The minimum absolute atomic E-state index is 0.0274. The highest BCUT2D eigenvalue weighted by Gasteiger charge is 2.83. The number of ether oxygens (including phenoxy) is 3. The Morgan fingerprint density at radius 1 is 1.00 bits per heavy atom. The second-order valence-corrected chi connectivity index (χ2v) is 18.0. The van der Waals surface area contributed by atoms with Crippen LogP contribution in [-0.4, -0.2) is 71.9 Å². The van der Waals surface area contributed by atoms with Gasteiger partial charge in [0.1, 0.15) is 12.1 Å². The highest BCUT2D eigenvalue weighted by atomic mass is 16.6. The van der Waals surface area contributed by atoms with Crippen molar-refractivity contribution in [3.63, 3.8) is 0 Å². The Bertz CT molecular complexity index is 1180. The fourth-order valence-electron chi connectivity index (χ4n) is 12.9. The summed E-state index contributed by atoms with van der Waals surface area (Å²) in [5.41, 5.74) is -0.962. The summed E-state index contributed by atoms with van der Waals surface area (Å²) in [6, 6.07) is -0.128. The van der Waals surface area contributed by atoms with Crippen LogP contribution in [0.15, 0.2) is 0 Å². The highest BCUT2D eigenvalue weighted by Crippen LogP contribution is 2.89. The van der Waals surface area contributed by atoms with Gasteiger partial charge in [-0.15, -0.1) is 0 Å². The molecule has 1 saturated heterocycles. The first kappa shape index (κ1) is 33.7. The third kappa shape index (κ3) is 4.72. The number of carbonyl (C=O) groups is 2. The smallest absolute Gasteiger partial charge is 0.323 e. The van der Waals surface area contributed by atoms with Gasteiger partial charge in [-0.2, -0.15) is 0 Å². The van der Waals surface area contributed by atoms with E-state index in [1.807, 2.05) is 0 Å². The van der Waals surface area contributed by atoms with Crippen LogP contribution in [0.4, 0.5) is 0 Å². The summed E-state index contributed by atoms with van der Waals surface area (Å²) in [5, 5.41) is 26.2. The number of hydrogen-bond acceptors (Lipinski definition) is 8. The molecule has 1 heterocycles. The standard InChI is InChI=1S/C37H61NO7/c1-21(18-25(43-9)30(33(5,6)42)44-22(2)39)23-19-28(40)35(8)27-11-10-26-32(3,4)29(45-31(41)24-13-17-38-24)12-14-36(26)20-37(27,36)16-15-34(23,35)7/h21,23-30,38,40,42H,10-20H2,1-9H3/t21-,23-,24+,25?,26+,27?,28+,29?,30?,34?,35?,36?,37?/m1/s1. The molecule has 0 aromatic carbocycles. The summed E-state index contributed by atoms with van der Waals surface area (Å²) in [4.78, 5) is 24.8. The van der Waals surface area contributed by atoms with Crippen molar-refractivity contribution in [1.29, 1.82) is 0 Å². The molecule has 3 N–H and O–H groups in total.